The maximum absolute atomic E-state index is 12.2. The van der Waals surface area contributed by atoms with E-state index in [0.29, 0.717) is 18.4 Å². The molecule has 2 fully saturated rings. The molecule has 3 atom stereocenters. The van der Waals surface area contributed by atoms with Gasteiger partial charge in [-0.3, -0.25) is 4.79 Å². The molecule has 1 aliphatic heterocycles. The summed E-state index contributed by atoms with van der Waals surface area (Å²) in [5, 5.41) is 6.62. The van der Waals surface area contributed by atoms with Crippen molar-refractivity contribution in [3.63, 3.8) is 0 Å². The molecular formula is C15H24N4O. The maximum Gasteiger partial charge on any atom is 0.220 e. The average molecular weight is 276 g/mol. The number of nitrogens with one attached hydrogen (secondary N) is 2. The van der Waals surface area contributed by atoms with E-state index in [9.17, 15) is 4.79 Å². The highest BCUT2D eigenvalue weighted by molar-refractivity contribution is 5.76. The number of aromatic nitrogens is 2. The van der Waals surface area contributed by atoms with Crippen LogP contribution >= 0.6 is 0 Å². The largest absolute Gasteiger partial charge is 0.351 e. The van der Waals surface area contributed by atoms with Crippen LogP contribution in [0.2, 0.25) is 0 Å². The number of hydrogen-bond donors (Lipinski definition) is 2. The number of nitrogens with zero attached hydrogens (tertiary/aromatic N) is 2. The Morgan fingerprint density at radius 1 is 1.35 bits per heavy atom. The average Bonchev–Trinajstić information content (AvgIpc) is 3.10. The summed E-state index contributed by atoms with van der Waals surface area (Å²) in [6, 6.07) is 0.652. The lowest BCUT2D eigenvalue weighted by molar-refractivity contribution is -0.123. The molecule has 3 rings (SSSR count). The quantitative estimate of drug-likeness (QED) is 0.876. The number of amides is 1. The summed E-state index contributed by atoms with van der Waals surface area (Å²) in [7, 11) is 0. The summed E-state index contributed by atoms with van der Waals surface area (Å²) in [4.78, 5) is 16.3. The minimum Gasteiger partial charge on any atom is -0.351 e. The van der Waals surface area contributed by atoms with E-state index < -0.39 is 0 Å². The minimum atomic E-state index is 0.218. The standard InChI is InChI=1S/C15H24N4O/c20-15(9-12-3-2-6-16-10-12)18-13-4-1-5-14(13)19-8-7-17-11-19/h7-8,11-14,16H,1-6,9-10H2,(H,18,20). The van der Waals surface area contributed by atoms with E-state index in [1.807, 2.05) is 18.7 Å². The molecule has 2 aliphatic rings. The molecule has 20 heavy (non-hydrogen) atoms. The lowest BCUT2D eigenvalue weighted by Crippen LogP contribution is -2.40. The van der Waals surface area contributed by atoms with Crippen molar-refractivity contribution in [3.05, 3.63) is 18.7 Å². The van der Waals surface area contributed by atoms with E-state index in [-0.39, 0.29) is 11.9 Å². The molecule has 0 spiro atoms. The summed E-state index contributed by atoms with van der Waals surface area (Å²) < 4.78 is 2.14. The molecule has 5 nitrogen and oxygen atoms in total. The Kier molecular flexibility index (Phi) is 4.35. The predicted molar refractivity (Wildman–Crippen MR) is 77.3 cm³/mol. The van der Waals surface area contributed by atoms with Crippen LogP contribution in [0.1, 0.15) is 44.6 Å². The number of carbonyl (C=O) groups is 1. The topological polar surface area (TPSA) is 59.0 Å². The van der Waals surface area contributed by atoms with Gasteiger partial charge in [-0.2, -0.15) is 0 Å². The van der Waals surface area contributed by atoms with Crippen LogP contribution in [0.25, 0.3) is 0 Å². The van der Waals surface area contributed by atoms with Gasteiger partial charge >= 0.3 is 0 Å². The Balaban J connectivity index is 1.52. The fourth-order valence-electron chi connectivity index (χ4n) is 3.56. The van der Waals surface area contributed by atoms with Gasteiger partial charge in [-0.25, -0.2) is 4.98 Å². The van der Waals surface area contributed by atoms with Gasteiger partial charge in [0.2, 0.25) is 5.91 Å². The van der Waals surface area contributed by atoms with Crippen molar-refractivity contribution in [2.75, 3.05) is 13.1 Å². The second-order valence-corrected chi connectivity index (χ2v) is 6.10. The van der Waals surface area contributed by atoms with Gasteiger partial charge in [0.25, 0.3) is 0 Å². The molecular weight excluding hydrogens is 252 g/mol. The van der Waals surface area contributed by atoms with Crippen LogP contribution < -0.4 is 10.6 Å². The van der Waals surface area contributed by atoms with E-state index in [0.717, 1.165) is 25.9 Å². The molecule has 2 heterocycles. The second kappa shape index (κ2) is 6.39. The van der Waals surface area contributed by atoms with E-state index in [1.165, 1.54) is 19.3 Å². The summed E-state index contributed by atoms with van der Waals surface area (Å²) >= 11 is 0. The van der Waals surface area contributed by atoms with Crippen molar-refractivity contribution in [2.24, 2.45) is 5.92 Å². The number of rotatable bonds is 4. The van der Waals surface area contributed by atoms with Crippen LogP contribution in [0.5, 0.6) is 0 Å². The molecule has 5 heteroatoms. The van der Waals surface area contributed by atoms with Gasteiger partial charge in [0.15, 0.2) is 0 Å². The van der Waals surface area contributed by atoms with Gasteiger partial charge in [0.1, 0.15) is 0 Å². The fraction of sp³-hybridized carbons (Fsp3) is 0.733. The van der Waals surface area contributed by atoms with Crippen LogP contribution in [0.4, 0.5) is 0 Å². The van der Waals surface area contributed by atoms with Crippen LogP contribution in [-0.2, 0) is 4.79 Å². The van der Waals surface area contributed by atoms with Crippen molar-refractivity contribution in [3.8, 4) is 0 Å². The Morgan fingerprint density at radius 2 is 2.30 bits per heavy atom. The molecule has 110 valence electrons. The first-order valence-corrected chi connectivity index (χ1v) is 7.80. The van der Waals surface area contributed by atoms with Gasteiger partial charge in [0, 0.05) is 24.9 Å². The highest BCUT2D eigenvalue weighted by Crippen LogP contribution is 2.30. The lowest BCUT2D eigenvalue weighted by Gasteiger charge is -2.25. The molecule has 3 unspecified atom stereocenters. The van der Waals surface area contributed by atoms with E-state index in [4.69, 9.17) is 0 Å². The molecule has 1 aromatic rings. The summed E-state index contributed by atoms with van der Waals surface area (Å²) in [6.07, 6.45) is 12.1. The predicted octanol–water partition coefficient (Wildman–Crippen LogP) is 1.48. The number of piperidine rings is 1. The first kappa shape index (κ1) is 13.6. The Morgan fingerprint density at radius 3 is 3.05 bits per heavy atom. The molecule has 1 aliphatic carbocycles. The Labute approximate surface area is 120 Å². The third kappa shape index (κ3) is 3.20. The zero-order valence-corrected chi connectivity index (χ0v) is 11.9. The van der Waals surface area contributed by atoms with Gasteiger partial charge in [-0.1, -0.05) is 0 Å². The van der Waals surface area contributed by atoms with Gasteiger partial charge < -0.3 is 15.2 Å². The van der Waals surface area contributed by atoms with E-state index in [2.05, 4.69) is 20.2 Å². The third-order valence-corrected chi connectivity index (χ3v) is 4.61. The van der Waals surface area contributed by atoms with E-state index >= 15 is 0 Å². The normalized spacial score (nSPS) is 30.3. The smallest absolute Gasteiger partial charge is 0.220 e. The summed E-state index contributed by atoms with van der Waals surface area (Å²) in [5.74, 6) is 0.729. The zero-order valence-electron chi connectivity index (χ0n) is 11.9. The number of imidazole rings is 1. The number of carbonyl (C=O) groups excluding carboxylic acids is 1. The Bertz CT molecular complexity index is 425. The summed E-state index contributed by atoms with van der Waals surface area (Å²) in [5.41, 5.74) is 0. The van der Waals surface area contributed by atoms with Crippen molar-refractivity contribution in [2.45, 2.75) is 50.6 Å². The fourth-order valence-corrected chi connectivity index (χ4v) is 3.56. The van der Waals surface area contributed by atoms with Crippen molar-refractivity contribution < 1.29 is 4.79 Å². The number of hydrogen-bond acceptors (Lipinski definition) is 3. The molecule has 0 radical (unpaired) electrons. The molecule has 2 N–H and O–H groups in total. The SMILES string of the molecule is O=C(CC1CCCNC1)NC1CCCC1n1ccnc1. The third-order valence-electron chi connectivity index (χ3n) is 4.61. The van der Waals surface area contributed by atoms with Crippen LogP contribution in [0.3, 0.4) is 0 Å². The van der Waals surface area contributed by atoms with Crippen LogP contribution in [-0.4, -0.2) is 34.6 Å². The maximum atomic E-state index is 12.2. The van der Waals surface area contributed by atoms with Crippen molar-refractivity contribution in [1.82, 2.24) is 20.2 Å². The molecule has 0 bridgehead atoms. The minimum absolute atomic E-state index is 0.218. The van der Waals surface area contributed by atoms with Crippen LogP contribution in [0, 0.1) is 5.92 Å². The zero-order chi connectivity index (χ0) is 13.8. The highest BCUT2D eigenvalue weighted by atomic mass is 16.1. The van der Waals surface area contributed by atoms with Crippen molar-refractivity contribution in [1.29, 1.82) is 0 Å². The molecule has 1 aromatic heterocycles. The first-order chi connectivity index (χ1) is 9.83. The monoisotopic (exact) mass is 276 g/mol. The second-order valence-electron chi connectivity index (χ2n) is 6.10. The van der Waals surface area contributed by atoms with Gasteiger partial charge in [-0.15, -0.1) is 0 Å². The van der Waals surface area contributed by atoms with Crippen molar-refractivity contribution >= 4 is 5.91 Å². The van der Waals surface area contributed by atoms with E-state index in [1.54, 1.807) is 0 Å². The molecule has 1 saturated carbocycles. The molecule has 1 amide bonds. The molecule has 0 aromatic carbocycles. The summed E-state index contributed by atoms with van der Waals surface area (Å²) in [6.45, 7) is 2.09. The Hall–Kier alpha value is -1.36. The molecule has 1 saturated heterocycles. The van der Waals surface area contributed by atoms with Gasteiger partial charge in [0.05, 0.1) is 12.4 Å². The van der Waals surface area contributed by atoms with Crippen LogP contribution in [0.15, 0.2) is 18.7 Å². The lowest BCUT2D eigenvalue weighted by atomic mass is 9.95. The highest BCUT2D eigenvalue weighted by Gasteiger charge is 2.30. The van der Waals surface area contributed by atoms with Gasteiger partial charge in [-0.05, 0) is 51.1 Å². The first-order valence-electron chi connectivity index (χ1n) is 7.80.